The molecule has 3 aromatic rings. The number of alkyl halides is 3. The van der Waals surface area contributed by atoms with Crippen LogP contribution in [0.4, 0.5) is 18.0 Å². The lowest BCUT2D eigenvalue weighted by atomic mass is 9.93. The molecule has 8 atom stereocenters. The van der Waals surface area contributed by atoms with Gasteiger partial charge >= 0.3 is 36.9 Å². The molecule has 31 heteroatoms. The third-order valence-corrected chi connectivity index (χ3v) is 15.5. The van der Waals surface area contributed by atoms with Crippen molar-refractivity contribution in [1.82, 2.24) is 29.8 Å². The fourth-order valence-electron chi connectivity index (χ4n) is 7.87. The number of nitrogens with one attached hydrogen (secondary N) is 3. The van der Waals surface area contributed by atoms with Gasteiger partial charge in [0.05, 0.1) is 82.3 Å². The number of carbonyl (C=O) groups is 1. The highest BCUT2D eigenvalue weighted by Gasteiger charge is 2.53. The van der Waals surface area contributed by atoms with E-state index in [1.165, 1.54) is 32.7 Å². The van der Waals surface area contributed by atoms with Crippen LogP contribution in [-0.4, -0.2) is 164 Å². The Balaban J connectivity index is 0.000000239. The van der Waals surface area contributed by atoms with E-state index >= 15 is 0 Å². The predicted molar refractivity (Wildman–Crippen MR) is 244 cm³/mol. The molecule has 1 saturated carbocycles. The first-order valence-electron chi connectivity index (χ1n) is 22.1. The van der Waals surface area contributed by atoms with Gasteiger partial charge in [-0.25, -0.2) is 14.8 Å². The number of allylic oxidation sites excluding steroid dienone is 1. The van der Waals surface area contributed by atoms with Gasteiger partial charge in [-0.1, -0.05) is 6.08 Å². The van der Waals surface area contributed by atoms with Gasteiger partial charge in [-0.15, -0.1) is 0 Å². The Bertz CT molecular complexity index is 2610. The van der Waals surface area contributed by atoms with Crippen molar-refractivity contribution >= 4 is 48.0 Å². The van der Waals surface area contributed by atoms with E-state index in [1.807, 2.05) is 6.08 Å². The zero-order valence-electron chi connectivity index (χ0n) is 39.7. The van der Waals surface area contributed by atoms with E-state index in [0.717, 1.165) is 10.5 Å². The number of likely N-dealkylation sites (tertiary alicyclic amines) is 1. The first-order valence-corrected chi connectivity index (χ1v) is 27.0. The lowest BCUT2D eigenvalue weighted by Gasteiger charge is -2.32. The molecular formula is C40H61F3N6O19P2S. The van der Waals surface area contributed by atoms with Gasteiger partial charge < -0.3 is 68.1 Å². The minimum absolute atomic E-state index is 0.113. The van der Waals surface area contributed by atoms with E-state index in [1.54, 1.807) is 34.6 Å². The number of amides is 1. The van der Waals surface area contributed by atoms with Crippen molar-refractivity contribution in [2.75, 3.05) is 52.3 Å². The highest BCUT2D eigenvalue weighted by molar-refractivity contribution is 7.87. The van der Waals surface area contributed by atoms with Crippen LogP contribution >= 0.6 is 15.2 Å². The Kier molecular flexibility index (Phi) is 20.9. The first kappa shape index (κ1) is 59.6. The fourth-order valence-corrected chi connectivity index (χ4v) is 11.4. The molecule has 3 aliphatic rings. The summed E-state index contributed by atoms with van der Waals surface area (Å²) in [4.78, 5) is 53.7. The summed E-state index contributed by atoms with van der Waals surface area (Å²) in [6, 6.07) is -2.10. The summed E-state index contributed by atoms with van der Waals surface area (Å²) < 4.78 is 115. The quantitative estimate of drug-likeness (QED) is 0.0515. The number of halogens is 3. The molecule has 1 saturated heterocycles. The smallest absolute Gasteiger partial charge is 0.444 e. The summed E-state index contributed by atoms with van der Waals surface area (Å²) in [6.07, 6.45) is -0.250. The maximum Gasteiger partial charge on any atom is 0.523 e. The number of aromatic nitrogens is 5. The van der Waals surface area contributed by atoms with E-state index in [-0.39, 0.29) is 67.8 Å². The van der Waals surface area contributed by atoms with Crippen LogP contribution in [0.2, 0.25) is 0 Å². The van der Waals surface area contributed by atoms with Gasteiger partial charge in [-0.2, -0.15) is 21.6 Å². The number of fused-ring (bicyclic) bond motifs is 2. The normalized spacial score (nSPS) is 23.7. The minimum Gasteiger partial charge on any atom is -0.444 e. The molecule has 3 aromatic heterocycles. The zero-order valence-corrected chi connectivity index (χ0v) is 42.3. The van der Waals surface area contributed by atoms with Crippen molar-refractivity contribution in [3.05, 3.63) is 62.5 Å². The molecule has 25 nitrogen and oxygen atoms in total. The summed E-state index contributed by atoms with van der Waals surface area (Å²) in [7, 11) is -13.1. The first-order chi connectivity index (χ1) is 33.1. The number of aliphatic hydroxyl groups is 5. The highest BCUT2D eigenvalue weighted by Crippen LogP contribution is 2.50. The number of hydrogen-bond donors (Lipinski definition) is 8. The van der Waals surface area contributed by atoms with Crippen molar-refractivity contribution < 1.29 is 92.8 Å². The molecule has 0 aromatic carbocycles. The molecule has 2 fully saturated rings. The molecule has 1 aliphatic heterocycles. The minimum atomic E-state index is -5.80. The van der Waals surface area contributed by atoms with Crippen LogP contribution < -0.4 is 11.1 Å². The number of aliphatic hydroxyl groups excluding tert-OH is 5. The molecule has 0 bridgehead atoms. The molecule has 2 aliphatic carbocycles. The van der Waals surface area contributed by atoms with Gasteiger partial charge in [0.25, 0.3) is 11.1 Å². The molecule has 6 rings (SSSR count). The molecule has 0 unspecified atom stereocenters. The second-order valence-corrected chi connectivity index (χ2v) is 22.4. The molecule has 8 N–H and O–H groups in total. The fraction of sp³-hybridized carbons (Fsp3) is 0.675. The van der Waals surface area contributed by atoms with E-state index < -0.39 is 97.5 Å². The van der Waals surface area contributed by atoms with Crippen LogP contribution in [0.5, 0.6) is 0 Å². The Morgan fingerprint density at radius 2 is 1.39 bits per heavy atom. The maximum absolute atomic E-state index is 12.7. The molecule has 0 spiro atoms. The molecule has 1 amide bonds. The standard InChI is InChI=1S/C18H27N2O7P.C16H22N4O6.C6H12F3O6PS/c1-3-26-28(24,27-4-2)10-25-8-11-7-14(17(22)16(11)21)12-5-6-13-15(12)19-9-20-18(13)23;1-16(2,3)26-15(25)20-8(5-21)12(22)13(23)11(20)7-4-17-10-9(7)18-6-19-14(10)24;1-3-13-16(10,14-4-2)5-15-17(11,12)6(7,8)9/h5,9,11,14,16-17,21-22H,3-4,6-8,10H2,1-2H3,(H,19,20,23);4,6,8,11-13,17,21-23H,5H2,1-3H3,(H,18,19,24);3-5H2,1-2H3/t11-,14+,16-,17+;8-,11+,12-,13+;/m11./s1. The second-order valence-electron chi connectivity index (χ2n) is 16.8. The Morgan fingerprint density at radius 1 is 0.831 bits per heavy atom. The van der Waals surface area contributed by atoms with Crippen LogP contribution in [-0.2, 0) is 57.4 Å². The highest BCUT2D eigenvalue weighted by atomic mass is 32.2. The number of H-pyrrole nitrogens is 3. The number of nitrogens with zero attached hydrogens (tertiary/aromatic N) is 3. The van der Waals surface area contributed by atoms with Crippen LogP contribution in [0.1, 0.15) is 77.7 Å². The summed E-state index contributed by atoms with van der Waals surface area (Å²) in [5.41, 5.74) is -4.25. The molecule has 4 heterocycles. The topological polar surface area (TPSA) is 362 Å². The molecule has 402 valence electrons. The maximum atomic E-state index is 12.7. The number of aromatic amines is 3. The lowest BCUT2D eigenvalue weighted by Crippen LogP contribution is -2.45. The van der Waals surface area contributed by atoms with Crippen LogP contribution in [0.25, 0.3) is 16.6 Å². The summed E-state index contributed by atoms with van der Waals surface area (Å²) in [5.74, 6) is -0.687. The van der Waals surface area contributed by atoms with Crippen LogP contribution in [0.15, 0.2) is 34.5 Å². The monoisotopic (exact) mass is 1080 g/mol. The van der Waals surface area contributed by atoms with E-state index in [0.29, 0.717) is 29.7 Å². The predicted octanol–water partition coefficient (Wildman–Crippen LogP) is 3.01. The number of hydrogen-bond acceptors (Lipinski definition) is 21. The summed E-state index contributed by atoms with van der Waals surface area (Å²) in [6.45, 7) is 11.1. The van der Waals surface area contributed by atoms with E-state index in [9.17, 15) is 70.6 Å². The van der Waals surface area contributed by atoms with Gasteiger partial charge in [0.1, 0.15) is 35.2 Å². The van der Waals surface area contributed by atoms with Crippen LogP contribution in [0, 0.1) is 11.8 Å². The van der Waals surface area contributed by atoms with E-state index in [4.69, 9.17) is 18.5 Å². The molecular weight excluding hydrogens is 1020 g/mol. The molecule has 71 heavy (non-hydrogen) atoms. The van der Waals surface area contributed by atoms with Crippen molar-refractivity contribution in [1.29, 1.82) is 0 Å². The third kappa shape index (κ3) is 14.6. The van der Waals surface area contributed by atoms with Gasteiger partial charge in [0.2, 0.25) is 0 Å². The van der Waals surface area contributed by atoms with Gasteiger partial charge in [-0.3, -0.25) is 27.8 Å². The summed E-state index contributed by atoms with van der Waals surface area (Å²) in [5, 5.41) is 51.5. The second kappa shape index (κ2) is 24.9. The average molecular weight is 1080 g/mol. The van der Waals surface area contributed by atoms with Crippen LogP contribution in [0.3, 0.4) is 0 Å². The third-order valence-electron chi connectivity index (χ3n) is 10.8. The Labute approximate surface area is 405 Å². The van der Waals surface area contributed by atoms with Crippen molar-refractivity contribution in [3.8, 4) is 0 Å². The number of rotatable bonds is 18. The van der Waals surface area contributed by atoms with E-state index in [2.05, 4.69) is 38.2 Å². The van der Waals surface area contributed by atoms with Gasteiger partial charge in [-0.05, 0) is 66.9 Å². The molecule has 0 radical (unpaired) electrons. The Hall–Kier alpha value is -3.93. The zero-order chi connectivity index (χ0) is 53.3. The number of ether oxygens (including phenoxy) is 2. The van der Waals surface area contributed by atoms with Gasteiger partial charge in [0, 0.05) is 29.2 Å². The summed E-state index contributed by atoms with van der Waals surface area (Å²) >= 11 is 0. The number of carbonyl (C=O) groups excluding carboxylic acids is 1. The van der Waals surface area contributed by atoms with Crippen molar-refractivity contribution in [2.24, 2.45) is 11.8 Å². The average Bonchev–Trinajstić information content (AvgIpc) is 4.04. The van der Waals surface area contributed by atoms with Gasteiger partial charge in [0.15, 0.2) is 6.35 Å². The SMILES string of the molecule is CC(C)(C)OC(=O)N1[C@H](CO)[C@@H](O)[C@@H](O)[C@@H]1c1c[nH]c2c(=O)[nH]cnc12.CCOP(=O)(COC[C@H]1C[C@@H](C2=CCc3c2nc[nH]c3=O)[C@H](O)[C@@H]1O)OCC.CCOP(=O)(COS(=O)(=O)C(F)(F)F)OCC. The van der Waals surface area contributed by atoms with Crippen molar-refractivity contribution in [3.63, 3.8) is 0 Å². The lowest BCUT2D eigenvalue weighted by molar-refractivity contribution is -0.0534. The largest absolute Gasteiger partial charge is 0.523 e. The Morgan fingerprint density at radius 3 is 1.94 bits per heavy atom. The van der Waals surface area contributed by atoms with Crippen molar-refractivity contribution in [2.45, 2.75) is 109 Å².